The number of hydrogen-bond acceptors (Lipinski definition) is 1. The fourth-order valence-corrected chi connectivity index (χ4v) is 5.10. The highest BCUT2D eigenvalue weighted by Gasteiger charge is 2.08. The minimum Gasteiger partial charge on any atom is -0.135 e. The molecule has 4 aromatic carbocycles. The maximum atomic E-state index is 3.69. The monoisotopic (exact) mass is 414 g/mol. The first-order valence-corrected chi connectivity index (χ1v) is 10.2. The van der Waals surface area contributed by atoms with Crippen LogP contribution in [0.25, 0.3) is 42.4 Å². The van der Waals surface area contributed by atoms with Crippen molar-refractivity contribution in [2.24, 2.45) is 0 Å². The third kappa shape index (κ3) is 2.76. The summed E-state index contributed by atoms with van der Waals surface area (Å²) >= 11 is 5.55. The molecule has 0 bridgehead atoms. The summed E-state index contributed by atoms with van der Waals surface area (Å²) in [6.07, 6.45) is 0. The van der Waals surface area contributed by atoms with E-state index in [1.54, 1.807) is 0 Å². The van der Waals surface area contributed by atoms with E-state index >= 15 is 0 Å². The topological polar surface area (TPSA) is 0 Å². The van der Waals surface area contributed by atoms with E-state index in [-0.39, 0.29) is 0 Å². The lowest BCUT2D eigenvalue weighted by Crippen LogP contribution is -1.82. The summed E-state index contributed by atoms with van der Waals surface area (Å²) in [7, 11) is 0. The predicted molar refractivity (Wildman–Crippen MR) is 118 cm³/mol. The molecule has 0 spiro atoms. The van der Waals surface area contributed by atoms with Crippen molar-refractivity contribution >= 4 is 47.4 Å². The van der Waals surface area contributed by atoms with Crippen LogP contribution in [0.5, 0.6) is 0 Å². The van der Waals surface area contributed by atoms with Crippen LogP contribution < -0.4 is 0 Å². The van der Waals surface area contributed by atoms with Gasteiger partial charge in [0.25, 0.3) is 0 Å². The molecule has 2 heteroatoms. The third-order valence-electron chi connectivity index (χ3n) is 4.72. The van der Waals surface area contributed by atoms with Gasteiger partial charge >= 0.3 is 0 Å². The molecule has 5 rings (SSSR count). The smallest absolute Gasteiger partial charge is 0.0361 e. The van der Waals surface area contributed by atoms with Gasteiger partial charge in [0.05, 0.1) is 0 Å². The first-order chi connectivity index (χ1) is 12.8. The summed E-state index contributed by atoms with van der Waals surface area (Å²) in [6.45, 7) is 0. The molecule has 0 nitrogen and oxygen atoms in total. The zero-order valence-corrected chi connectivity index (χ0v) is 16.3. The molecule has 0 aliphatic rings. The largest absolute Gasteiger partial charge is 0.135 e. The maximum absolute atomic E-state index is 3.69. The van der Waals surface area contributed by atoms with Crippen LogP contribution in [0.15, 0.2) is 95.5 Å². The second kappa shape index (κ2) is 6.39. The fourth-order valence-electron chi connectivity index (χ4n) is 3.46. The van der Waals surface area contributed by atoms with Gasteiger partial charge in [-0.05, 0) is 52.6 Å². The Morgan fingerprint density at radius 1 is 0.500 bits per heavy atom. The SMILES string of the molecule is Brc1cc(-c2ccccc2)cc(-c2ccc3c(c2)sc2ccccc23)c1. The zero-order valence-electron chi connectivity index (χ0n) is 13.9. The van der Waals surface area contributed by atoms with Crippen LogP contribution in [0.4, 0.5) is 0 Å². The van der Waals surface area contributed by atoms with Crippen LogP contribution in [0, 0.1) is 0 Å². The number of fused-ring (bicyclic) bond motifs is 3. The fraction of sp³-hybridized carbons (Fsp3) is 0. The standard InChI is InChI=1S/C24H15BrS/c25-20-13-18(16-6-2-1-3-7-16)12-19(14-20)17-10-11-22-21-8-4-5-9-23(21)26-24(22)15-17/h1-15H. The summed E-state index contributed by atoms with van der Waals surface area (Å²) in [5.41, 5.74) is 4.95. The Morgan fingerprint density at radius 3 is 2.04 bits per heavy atom. The van der Waals surface area contributed by atoms with Crippen LogP contribution in [0.3, 0.4) is 0 Å². The van der Waals surface area contributed by atoms with E-state index < -0.39 is 0 Å². The Kier molecular flexibility index (Phi) is 3.88. The molecule has 0 saturated carbocycles. The first-order valence-electron chi connectivity index (χ1n) is 8.56. The van der Waals surface area contributed by atoms with Crippen LogP contribution in [-0.4, -0.2) is 0 Å². The molecule has 0 fully saturated rings. The highest BCUT2D eigenvalue weighted by Crippen LogP contribution is 2.37. The zero-order chi connectivity index (χ0) is 17.5. The molecule has 0 N–H and O–H groups in total. The van der Waals surface area contributed by atoms with Gasteiger partial charge in [0, 0.05) is 24.6 Å². The van der Waals surface area contributed by atoms with Crippen molar-refractivity contribution in [2.45, 2.75) is 0 Å². The lowest BCUT2D eigenvalue weighted by molar-refractivity contribution is 1.58. The average molecular weight is 415 g/mol. The summed E-state index contributed by atoms with van der Waals surface area (Å²) in [5, 5.41) is 2.69. The van der Waals surface area contributed by atoms with Crippen molar-refractivity contribution < 1.29 is 0 Å². The van der Waals surface area contributed by atoms with E-state index in [2.05, 4.69) is 107 Å². The highest BCUT2D eigenvalue weighted by molar-refractivity contribution is 9.10. The van der Waals surface area contributed by atoms with Crippen molar-refractivity contribution in [1.82, 2.24) is 0 Å². The first kappa shape index (κ1) is 15.8. The number of hydrogen-bond donors (Lipinski definition) is 0. The van der Waals surface area contributed by atoms with Crippen molar-refractivity contribution in [2.75, 3.05) is 0 Å². The van der Waals surface area contributed by atoms with Crippen LogP contribution >= 0.6 is 27.3 Å². The molecule has 0 aliphatic carbocycles. The summed E-state index contributed by atoms with van der Waals surface area (Å²) < 4.78 is 3.79. The van der Waals surface area contributed by atoms with Crippen molar-refractivity contribution in [3.05, 3.63) is 95.5 Å². The molecule has 0 atom stereocenters. The van der Waals surface area contributed by atoms with Gasteiger partial charge in [0.15, 0.2) is 0 Å². The highest BCUT2D eigenvalue weighted by atomic mass is 79.9. The summed E-state index contributed by atoms with van der Waals surface area (Å²) in [5.74, 6) is 0. The van der Waals surface area contributed by atoms with E-state index in [0.29, 0.717) is 0 Å². The van der Waals surface area contributed by atoms with E-state index in [1.807, 2.05) is 11.3 Å². The molecule has 5 aromatic rings. The Bertz CT molecular complexity index is 1240. The molecule has 0 saturated heterocycles. The Balaban J connectivity index is 1.67. The van der Waals surface area contributed by atoms with Crippen molar-refractivity contribution in [3.63, 3.8) is 0 Å². The van der Waals surface area contributed by atoms with Crippen LogP contribution in [0.2, 0.25) is 0 Å². The second-order valence-electron chi connectivity index (χ2n) is 6.40. The average Bonchev–Trinajstić information content (AvgIpc) is 3.06. The minimum atomic E-state index is 1.10. The molecule has 1 aromatic heterocycles. The van der Waals surface area contributed by atoms with Gasteiger partial charge < -0.3 is 0 Å². The van der Waals surface area contributed by atoms with Gasteiger partial charge in [-0.1, -0.05) is 76.6 Å². The van der Waals surface area contributed by atoms with Gasteiger partial charge in [0.1, 0.15) is 0 Å². The van der Waals surface area contributed by atoms with Crippen LogP contribution in [-0.2, 0) is 0 Å². The summed E-state index contributed by atoms with van der Waals surface area (Å²) in [6, 6.07) is 32.6. The molecular formula is C24H15BrS. The van der Waals surface area contributed by atoms with Gasteiger partial charge in [-0.25, -0.2) is 0 Å². The Labute approximate surface area is 164 Å². The lowest BCUT2D eigenvalue weighted by Gasteiger charge is -2.08. The minimum absolute atomic E-state index is 1.10. The molecule has 0 unspecified atom stereocenters. The molecule has 26 heavy (non-hydrogen) atoms. The van der Waals surface area contributed by atoms with E-state index in [1.165, 1.54) is 42.4 Å². The molecular weight excluding hydrogens is 400 g/mol. The molecule has 1 heterocycles. The van der Waals surface area contributed by atoms with Gasteiger partial charge in [-0.2, -0.15) is 0 Å². The predicted octanol–water partition coefficient (Wildman–Crippen LogP) is 8.15. The second-order valence-corrected chi connectivity index (χ2v) is 8.40. The molecule has 0 radical (unpaired) electrons. The Morgan fingerprint density at radius 2 is 1.19 bits per heavy atom. The van der Waals surface area contributed by atoms with E-state index in [0.717, 1.165) is 4.47 Å². The van der Waals surface area contributed by atoms with Gasteiger partial charge in [0.2, 0.25) is 0 Å². The molecule has 0 amide bonds. The molecule has 0 aliphatic heterocycles. The normalized spacial score (nSPS) is 11.3. The Hall–Kier alpha value is -2.42. The van der Waals surface area contributed by atoms with Crippen molar-refractivity contribution in [1.29, 1.82) is 0 Å². The number of benzene rings is 4. The van der Waals surface area contributed by atoms with E-state index in [9.17, 15) is 0 Å². The van der Waals surface area contributed by atoms with Gasteiger partial charge in [-0.3, -0.25) is 0 Å². The van der Waals surface area contributed by atoms with Crippen molar-refractivity contribution in [3.8, 4) is 22.3 Å². The number of thiophene rings is 1. The maximum Gasteiger partial charge on any atom is 0.0361 e. The van der Waals surface area contributed by atoms with Gasteiger partial charge in [-0.15, -0.1) is 11.3 Å². The van der Waals surface area contributed by atoms with E-state index in [4.69, 9.17) is 0 Å². The lowest BCUT2D eigenvalue weighted by atomic mass is 9.98. The quantitative estimate of drug-likeness (QED) is 0.273. The summed E-state index contributed by atoms with van der Waals surface area (Å²) in [4.78, 5) is 0. The van der Waals surface area contributed by atoms with Crippen LogP contribution in [0.1, 0.15) is 0 Å². The number of rotatable bonds is 2. The third-order valence-corrected chi connectivity index (χ3v) is 6.31. The number of halogens is 1. The molecule has 124 valence electrons.